The van der Waals surface area contributed by atoms with Crippen LogP contribution in [0.1, 0.15) is 6.92 Å². The standard InChI is InChI=1S/C14H18F3N3O/c1-13(18,14(15,16)17)12(21)20-9-7-19(8-10-20)11-5-3-2-4-6-11/h2-6H,7-10,18H2,1H3. The molecule has 1 amide bonds. The van der Waals surface area contributed by atoms with Gasteiger partial charge in [0.25, 0.3) is 5.91 Å². The van der Waals surface area contributed by atoms with Crippen molar-refractivity contribution in [2.75, 3.05) is 31.1 Å². The smallest absolute Gasteiger partial charge is 0.368 e. The Morgan fingerprint density at radius 3 is 2.10 bits per heavy atom. The Kier molecular flexibility index (Phi) is 4.13. The van der Waals surface area contributed by atoms with Gasteiger partial charge in [-0.3, -0.25) is 4.79 Å². The van der Waals surface area contributed by atoms with E-state index in [2.05, 4.69) is 0 Å². The minimum Gasteiger partial charge on any atom is -0.368 e. The van der Waals surface area contributed by atoms with Gasteiger partial charge in [0, 0.05) is 31.9 Å². The van der Waals surface area contributed by atoms with Gasteiger partial charge in [-0.2, -0.15) is 13.2 Å². The van der Waals surface area contributed by atoms with Crippen molar-refractivity contribution in [1.82, 2.24) is 4.90 Å². The number of nitrogens with two attached hydrogens (primary N) is 1. The number of alkyl halides is 3. The van der Waals surface area contributed by atoms with E-state index >= 15 is 0 Å². The van der Waals surface area contributed by atoms with Crippen molar-refractivity contribution < 1.29 is 18.0 Å². The number of amides is 1. The van der Waals surface area contributed by atoms with Crippen molar-refractivity contribution in [1.29, 1.82) is 0 Å². The molecule has 0 saturated carbocycles. The fraction of sp³-hybridized carbons (Fsp3) is 0.500. The number of hydrogen-bond acceptors (Lipinski definition) is 3. The van der Waals surface area contributed by atoms with E-state index in [1.807, 2.05) is 35.2 Å². The highest BCUT2D eigenvalue weighted by molar-refractivity contribution is 5.87. The fourth-order valence-corrected chi connectivity index (χ4v) is 2.26. The van der Waals surface area contributed by atoms with Crippen LogP contribution in [0.3, 0.4) is 0 Å². The summed E-state index contributed by atoms with van der Waals surface area (Å²) >= 11 is 0. The lowest BCUT2D eigenvalue weighted by atomic mass is 10.0. The van der Waals surface area contributed by atoms with Crippen molar-refractivity contribution in [2.45, 2.75) is 18.6 Å². The SMILES string of the molecule is CC(N)(C(=O)N1CCN(c2ccccc2)CC1)C(F)(F)F. The van der Waals surface area contributed by atoms with Crippen LogP contribution in [0.25, 0.3) is 0 Å². The molecule has 7 heteroatoms. The molecule has 4 nitrogen and oxygen atoms in total. The molecule has 1 unspecified atom stereocenters. The summed E-state index contributed by atoms with van der Waals surface area (Å²) in [6.07, 6.45) is -4.75. The molecule has 116 valence electrons. The second-order valence-corrected chi connectivity index (χ2v) is 5.31. The first-order valence-electron chi connectivity index (χ1n) is 6.68. The van der Waals surface area contributed by atoms with Gasteiger partial charge in [-0.1, -0.05) is 18.2 Å². The molecule has 1 saturated heterocycles. The third-order valence-electron chi connectivity index (χ3n) is 3.72. The molecule has 0 aromatic heterocycles. The zero-order valence-electron chi connectivity index (χ0n) is 11.7. The van der Waals surface area contributed by atoms with Crippen molar-refractivity contribution in [3.8, 4) is 0 Å². The van der Waals surface area contributed by atoms with Gasteiger partial charge in [-0.15, -0.1) is 0 Å². The second-order valence-electron chi connectivity index (χ2n) is 5.31. The number of para-hydroxylation sites is 1. The van der Waals surface area contributed by atoms with Crippen LogP contribution in [-0.2, 0) is 4.79 Å². The molecule has 1 fully saturated rings. The summed E-state index contributed by atoms with van der Waals surface area (Å²) < 4.78 is 38.4. The maximum absolute atomic E-state index is 12.8. The van der Waals surface area contributed by atoms with E-state index in [1.54, 1.807) is 0 Å². The molecule has 1 aromatic rings. The Hall–Kier alpha value is -1.76. The molecule has 1 aliphatic rings. The van der Waals surface area contributed by atoms with Gasteiger partial charge >= 0.3 is 6.18 Å². The number of carbonyl (C=O) groups excluding carboxylic acids is 1. The Labute approximate surface area is 121 Å². The van der Waals surface area contributed by atoms with E-state index < -0.39 is 17.6 Å². The molecule has 0 bridgehead atoms. The van der Waals surface area contributed by atoms with Crippen LogP contribution in [0.15, 0.2) is 30.3 Å². The van der Waals surface area contributed by atoms with E-state index in [0.717, 1.165) is 12.6 Å². The quantitative estimate of drug-likeness (QED) is 0.903. The molecule has 1 aromatic carbocycles. The monoisotopic (exact) mass is 301 g/mol. The van der Waals surface area contributed by atoms with Gasteiger partial charge in [0.05, 0.1) is 0 Å². The van der Waals surface area contributed by atoms with E-state index in [-0.39, 0.29) is 13.1 Å². The summed E-state index contributed by atoms with van der Waals surface area (Å²) in [7, 11) is 0. The average Bonchev–Trinajstić information content (AvgIpc) is 2.46. The molecule has 0 aliphatic carbocycles. The number of carbonyl (C=O) groups is 1. The number of benzene rings is 1. The van der Waals surface area contributed by atoms with E-state index in [0.29, 0.717) is 13.1 Å². The lowest BCUT2D eigenvalue weighted by Crippen LogP contribution is -2.64. The summed E-state index contributed by atoms with van der Waals surface area (Å²) in [5.74, 6) is -1.07. The summed E-state index contributed by atoms with van der Waals surface area (Å²) in [6.45, 7) is 2.17. The summed E-state index contributed by atoms with van der Waals surface area (Å²) in [5.41, 5.74) is 3.35. The maximum atomic E-state index is 12.8. The van der Waals surface area contributed by atoms with Crippen LogP contribution >= 0.6 is 0 Å². The first-order valence-corrected chi connectivity index (χ1v) is 6.68. The topological polar surface area (TPSA) is 49.6 Å². The van der Waals surface area contributed by atoms with Crippen molar-refractivity contribution in [2.24, 2.45) is 5.73 Å². The molecule has 1 atom stereocenters. The van der Waals surface area contributed by atoms with E-state index in [9.17, 15) is 18.0 Å². The van der Waals surface area contributed by atoms with Gasteiger partial charge in [-0.05, 0) is 19.1 Å². The lowest BCUT2D eigenvalue weighted by Gasteiger charge is -2.39. The van der Waals surface area contributed by atoms with Gasteiger partial charge in [0.15, 0.2) is 5.54 Å². The average molecular weight is 301 g/mol. The molecular weight excluding hydrogens is 283 g/mol. The van der Waals surface area contributed by atoms with Crippen LogP contribution in [-0.4, -0.2) is 48.7 Å². The number of hydrogen-bond donors (Lipinski definition) is 1. The Balaban J connectivity index is 2.00. The van der Waals surface area contributed by atoms with Crippen LogP contribution in [0.5, 0.6) is 0 Å². The summed E-state index contributed by atoms with van der Waals surface area (Å²) in [4.78, 5) is 15.2. The van der Waals surface area contributed by atoms with Crippen LogP contribution < -0.4 is 10.6 Å². The third-order valence-corrected chi connectivity index (χ3v) is 3.72. The van der Waals surface area contributed by atoms with E-state index in [4.69, 9.17) is 5.73 Å². The van der Waals surface area contributed by atoms with E-state index in [1.165, 1.54) is 4.90 Å². The number of piperazine rings is 1. The Morgan fingerprint density at radius 2 is 1.62 bits per heavy atom. The number of anilines is 1. The highest BCUT2D eigenvalue weighted by Crippen LogP contribution is 2.30. The number of halogens is 3. The number of rotatable bonds is 2. The molecule has 0 radical (unpaired) electrons. The van der Waals surface area contributed by atoms with Crippen molar-refractivity contribution >= 4 is 11.6 Å². The van der Waals surface area contributed by atoms with Gasteiger partial charge in [0.1, 0.15) is 0 Å². The third kappa shape index (κ3) is 3.12. The molecule has 2 N–H and O–H groups in total. The van der Waals surface area contributed by atoms with Gasteiger partial charge < -0.3 is 15.5 Å². The zero-order chi connectivity index (χ0) is 15.7. The zero-order valence-corrected chi connectivity index (χ0v) is 11.7. The minimum atomic E-state index is -4.75. The molecule has 0 spiro atoms. The predicted octanol–water partition coefficient (Wildman–Crippen LogP) is 1.61. The Bertz CT molecular complexity index is 494. The largest absolute Gasteiger partial charge is 0.415 e. The molecular formula is C14H18F3N3O. The minimum absolute atomic E-state index is 0.233. The summed E-state index contributed by atoms with van der Waals surface area (Å²) in [6, 6.07) is 9.55. The maximum Gasteiger partial charge on any atom is 0.415 e. The van der Waals surface area contributed by atoms with Crippen LogP contribution in [0.2, 0.25) is 0 Å². The highest BCUT2D eigenvalue weighted by Gasteiger charge is 2.55. The predicted molar refractivity (Wildman–Crippen MR) is 73.9 cm³/mol. The Morgan fingerprint density at radius 1 is 1.10 bits per heavy atom. The van der Waals surface area contributed by atoms with Crippen LogP contribution in [0.4, 0.5) is 18.9 Å². The van der Waals surface area contributed by atoms with Gasteiger partial charge in [0.2, 0.25) is 0 Å². The van der Waals surface area contributed by atoms with Gasteiger partial charge in [-0.25, -0.2) is 0 Å². The normalized spacial score (nSPS) is 19.3. The van der Waals surface area contributed by atoms with Crippen molar-refractivity contribution in [3.05, 3.63) is 30.3 Å². The first-order chi connectivity index (χ1) is 9.73. The first kappa shape index (κ1) is 15.6. The molecule has 1 aliphatic heterocycles. The molecule has 2 rings (SSSR count). The molecule has 21 heavy (non-hydrogen) atoms. The lowest BCUT2D eigenvalue weighted by molar-refractivity contribution is -0.193. The summed E-state index contributed by atoms with van der Waals surface area (Å²) in [5, 5.41) is 0. The molecule has 1 heterocycles. The van der Waals surface area contributed by atoms with Crippen molar-refractivity contribution in [3.63, 3.8) is 0 Å². The highest BCUT2D eigenvalue weighted by atomic mass is 19.4. The second kappa shape index (κ2) is 5.55. The van der Waals surface area contributed by atoms with Crippen LogP contribution in [0, 0.1) is 0 Å². The fourth-order valence-electron chi connectivity index (χ4n) is 2.26. The number of nitrogens with zero attached hydrogens (tertiary/aromatic N) is 2.